The Hall–Kier alpha value is -1.17. The average molecular weight is 343 g/mol. The fourth-order valence-corrected chi connectivity index (χ4v) is 3.80. The highest BCUT2D eigenvalue weighted by atomic mass is 35.5. The standard InChI is InChI=1S/C15H15ClO3S2/c1-21(18,19)14-8-6-13(7-9-14)20(17)11-10-12-4-2-3-5-15(12)16/h2-9H,10-11H2,1H3. The van der Waals surface area contributed by atoms with Gasteiger partial charge in [-0.1, -0.05) is 29.8 Å². The number of halogens is 1. The van der Waals surface area contributed by atoms with E-state index in [0.717, 1.165) is 11.8 Å². The summed E-state index contributed by atoms with van der Waals surface area (Å²) in [5.41, 5.74) is 0.959. The second-order valence-corrected chi connectivity index (χ2v) is 8.63. The van der Waals surface area contributed by atoms with Gasteiger partial charge in [0.25, 0.3) is 0 Å². The molecule has 0 saturated carbocycles. The molecule has 6 heteroatoms. The molecule has 0 aliphatic carbocycles. The molecule has 112 valence electrons. The van der Waals surface area contributed by atoms with E-state index < -0.39 is 20.6 Å². The monoisotopic (exact) mass is 342 g/mol. The number of rotatable bonds is 5. The second-order valence-electron chi connectivity index (χ2n) is 4.63. The van der Waals surface area contributed by atoms with Crippen LogP contribution in [0.25, 0.3) is 0 Å². The highest BCUT2D eigenvalue weighted by molar-refractivity contribution is 7.90. The molecular formula is C15H15ClO3S2. The molecule has 0 N–H and O–H groups in total. The van der Waals surface area contributed by atoms with Crippen LogP contribution >= 0.6 is 11.6 Å². The molecule has 2 aromatic rings. The molecule has 0 aliphatic rings. The van der Waals surface area contributed by atoms with Crippen molar-refractivity contribution in [2.75, 3.05) is 12.0 Å². The van der Waals surface area contributed by atoms with E-state index in [9.17, 15) is 12.6 Å². The van der Waals surface area contributed by atoms with Crippen LogP contribution in [0.15, 0.2) is 58.3 Å². The molecule has 0 bridgehead atoms. The van der Waals surface area contributed by atoms with E-state index in [0.29, 0.717) is 22.1 Å². The van der Waals surface area contributed by atoms with Crippen molar-refractivity contribution < 1.29 is 12.6 Å². The molecule has 1 atom stereocenters. The van der Waals surface area contributed by atoms with Crippen molar-refractivity contribution in [1.82, 2.24) is 0 Å². The molecule has 0 radical (unpaired) electrons. The van der Waals surface area contributed by atoms with Crippen molar-refractivity contribution in [2.45, 2.75) is 16.2 Å². The van der Waals surface area contributed by atoms with Gasteiger partial charge < -0.3 is 0 Å². The van der Waals surface area contributed by atoms with Gasteiger partial charge >= 0.3 is 0 Å². The van der Waals surface area contributed by atoms with E-state index in [1.54, 1.807) is 18.2 Å². The normalized spacial score (nSPS) is 13.0. The first-order chi connectivity index (χ1) is 9.88. The second kappa shape index (κ2) is 6.73. The van der Waals surface area contributed by atoms with E-state index in [-0.39, 0.29) is 4.90 Å². The number of hydrogen-bond donors (Lipinski definition) is 0. The molecule has 0 aromatic heterocycles. The highest BCUT2D eigenvalue weighted by Gasteiger charge is 2.10. The van der Waals surface area contributed by atoms with Crippen molar-refractivity contribution in [2.24, 2.45) is 0 Å². The summed E-state index contributed by atoms with van der Waals surface area (Å²) >= 11 is 6.06. The Balaban J connectivity index is 2.06. The topological polar surface area (TPSA) is 51.2 Å². The molecule has 1 unspecified atom stereocenters. The van der Waals surface area contributed by atoms with Crippen molar-refractivity contribution in [3.63, 3.8) is 0 Å². The average Bonchev–Trinajstić information content (AvgIpc) is 2.45. The third kappa shape index (κ3) is 4.40. The van der Waals surface area contributed by atoms with Crippen LogP contribution in [0.4, 0.5) is 0 Å². The van der Waals surface area contributed by atoms with E-state index in [1.807, 2.05) is 18.2 Å². The SMILES string of the molecule is CS(=O)(=O)c1ccc(S(=O)CCc2ccccc2Cl)cc1. The lowest BCUT2D eigenvalue weighted by Crippen LogP contribution is -2.03. The molecule has 0 aliphatic heterocycles. The third-order valence-electron chi connectivity index (χ3n) is 3.03. The first-order valence-electron chi connectivity index (χ1n) is 6.30. The van der Waals surface area contributed by atoms with Crippen LogP contribution in [0.5, 0.6) is 0 Å². The van der Waals surface area contributed by atoms with Crippen molar-refractivity contribution in [3.05, 3.63) is 59.1 Å². The molecule has 21 heavy (non-hydrogen) atoms. The van der Waals surface area contributed by atoms with Gasteiger partial charge in [-0.15, -0.1) is 0 Å². The van der Waals surface area contributed by atoms with Gasteiger partial charge in [-0.2, -0.15) is 0 Å². The fraction of sp³-hybridized carbons (Fsp3) is 0.200. The first-order valence-corrected chi connectivity index (χ1v) is 9.88. The maximum atomic E-state index is 12.2. The molecule has 2 rings (SSSR count). The van der Waals surface area contributed by atoms with Gasteiger partial charge in [0, 0.05) is 21.9 Å². The molecule has 0 spiro atoms. The molecule has 2 aromatic carbocycles. The summed E-state index contributed by atoms with van der Waals surface area (Å²) < 4.78 is 35.0. The van der Waals surface area contributed by atoms with Gasteiger partial charge in [0.15, 0.2) is 9.84 Å². The predicted molar refractivity (Wildman–Crippen MR) is 86.0 cm³/mol. The Kier molecular flexibility index (Phi) is 5.19. The Morgan fingerprint density at radius 1 is 1.05 bits per heavy atom. The predicted octanol–water partition coefficient (Wildman–Crippen LogP) is 3.09. The van der Waals surface area contributed by atoms with Crippen LogP contribution in [0.2, 0.25) is 5.02 Å². The van der Waals surface area contributed by atoms with Crippen LogP contribution in [0.3, 0.4) is 0 Å². The molecule has 0 saturated heterocycles. The lowest BCUT2D eigenvalue weighted by Gasteiger charge is -2.05. The maximum Gasteiger partial charge on any atom is 0.175 e. The summed E-state index contributed by atoms with van der Waals surface area (Å²) in [5.74, 6) is 0.446. The van der Waals surface area contributed by atoms with Gasteiger partial charge in [-0.3, -0.25) is 4.21 Å². The number of benzene rings is 2. The zero-order valence-corrected chi connectivity index (χ0v) is 13.8. The highest BCUT2D eigenvalue weighted by Crippen LogP contribution is 2.18. The van der Waals surface area contributed by atoms with Crippen LogP contribution in [-0.2, 0) is 27.1 Å². The molecule has 3 nitrogen and oxygen atoms in total. The van der Waals surface area contributed by atoms with Gasteiger partial charge in [0.1, 0.15) is 0 Å². The Labute approximate surface area is 132 Å². The van der Waals surface area contributed by atoms with E-state index in [2.05, 4.69) is 0 Å². The minimum atomic E-state index is -3.22. The van der Waals surface area contributed by atoms with E-state index in [1.165, 1.54) is 12.1 Å². The van der Waals surface area contributed by atoms with Crippen LogP contribution in [0.1, 0.15) is 5.56 Å². The molecular weight excluding hydrogens is 328 g/mol. The molecule has 0 amide bonds. The minimum Gasteiger partial charge on any atom is -0.254 e. The summed E-state index contributed by atoms with van der Waals surface area (Å²) in [7, 11) is -4.40. The van der Waals surface area contributed by atoms with E-state index >= 15 is 0 Å². The maximum absolute atomic E-state index is 12.2. The fourth-order valence-electron chi connectivity index (χ4n) is 1.86. The summed E-state index contributed by atoms with van der Waals surface area (Å²) in [4.78, 5) is 0.851. The number of sulfone groups is 1. The third-order valence-corrected chi connectivity index (χ3v) is 5.90. The lowest BCUT2D eigenvalue weighted by atomic mass is 10.2. The number of hydrogen-bond acceptors (Lipinski definition) is 3. The Bertz CT molecular complexity index is 753. The van der Waals surface area contributed by atoms with Crippen LogP contribution < -0.4 is 0 Å². The van der Waals surface area contributed by atoms with Gasteiger partial charge in [-0.05, 0) is 42.3 Å². The minimum absolute atomic E-state index is 0.231. The Morgan fingerprint density at radius 2 is 1.67 bits per heavy atom. The van der Waals surface area contributed by atoms with Crippen LogP contribution in [-0.4, -0.2) is 24.6 Å². The first kappa shape index (κ1) is 16.2. The number of aryl methyl sites for hydroxylation is 1. The van der Waals surface area contributed by atoms with Gasteiger partial charge in [0.05, 0.1) is 15.7 Å². The summed E-state index contributed by atoms with van der Waals surface area (Å²) in [6, 6.07) is 13.6. The van der Waals surface area contributed by atoms with E-state index in [4.69, 9.17) is 11.6 Å². The molecule has 0 fully saturated rings. The lowest BCUT2D eigenvalue weighted by molar-refractivity contribution is 0.601. The van der Waals surface area contributed by atoms with Gasteiger partial charge in [-0.25, -0.2) is 8.42 Å². The Morgan fingerprint density at radius 3 is 2.24 bits per heavy atom. The van der Waals surface area contributed by atoms with Crippen molar-refractivity contribution >= 4 is 32.2 Å². The quantitative estimate of drug-likeness (QED) is 0.839. The summed E-state index contributed by atoms with van der Waals surface area (Å²) in [6.45, 7) is 0. The summed E-state index contributed by atoms with van der Waals surface area (Å²) in [6.07, 6.45) is 1.76. The zero-order valence-electron chi connectivity index (χ0n) is 11.5. The van der Waals surface area contributed by atoms with Crippen molar-refractivity contribution in [1.29, 1.82) is 0 Å². The summed E-state index contributed by atoms with van der Waals surface area (Å²) in [5, 5.41) is 0.668. The molecule has 0 heterocycles. The smallest absolute Gasteiger partial charge is 0.175 e. The van der Waals surface area contributed by atoms with Crippen molar-refractivity contribution in [3.8, 4) is 0 Å². The van der Waals surface area contributed by atoms with Gasteiger partial charge in [0.2, 0.25) is 0 Å². The zero-order chi connectivity index (χ0) is 15.5. The van der Waals surface area contributed by atoms with Crippen LogP contribution in [0, 0.1) is 0 Å². The largest absolute Gasteiger partial charge is 0.254 e.